The number of imide groups is 1. The Balaban J connectivity index is 1.29. The van der Waals surface area contributed by atoms with E-state index in [2.05, 4.69) is 5.32 Å². The lowest BCUT2D eigenvalue weighted by atomic mass is 10.1. The van der Waals surface area contributed by atoms with Crippen LogP contribution in [0.4, 0.5) is 5.69 Å². The van der Waals surface area contributed by atoms with Gasteiger partial charge in [-0.05, 0) is 48.4 Å². The van der Waals surface area contributed by atoms with Crippen molar-refractivity contribution >= 4 is 33.4 Å². The van der Waals surface area contributed by atoms with E-state index in [1.54, 1.807) is 24.3 Å². The molecule has 180 valence electrons. The van der Waals surface area contributed by atoms with Gasteiger partial charge >= 0.3 is 0 Å². The van der Waals surface area contributed by atoms with Crippen LogP contribution in [-0.2, 0) is 21.4 Å². The Morgan fingerprint density at radius 1 is 0.857 bits per heavy atom. The molecular weight excluding hydrogens is 466 g/mol. The summed E-state index contributed by atoms with van der Waals surface area (Å²) in [5, 5.41) is 2.72. The van der Waals surface area contributed by atoms with Crippen LogP contribution in [0.15, 0.2) is 83.8 Å². The molecule has 0 radical (unpaired) electrons. The third-order valence-corrected chi connectivity index (χ3v) is 7.58. The predicted octanol–water partition coefficient (Wildman–Crippen LogP) is 3.52. The molecule has 0 spiro atoms. The average Bonchev–Trinajstić information content (AvgIpc) is 3.10. The van der Waals surface area contributed by atoms with E-state index in [1.165, 1.54) is 35.6 Å². The zero-order valence-electron chi connectivity index (χ0n) is 19.2. The monoisotopic (exact) mass is 491 g/mol. The normalized spacial score (nSPS) is 13.3. The number of amides is 3. The number of nitrogens with one attached hydrogen (secondary N) is 1. The lowest BCUT2D eigenvalue weighted by molar-refractivity contribution is -0.116. The fourth-order valence-corrected chi connectivity index (χ4v) is 5.04. The fraction of sp³-hybridized carbons (Fsp3) is 0.192. The molecule has 35 heavy (non-hydrogen) atoms. The molecule has 3 aromatic carbocycles. The van der Waals surface area contributed by atoms with Crippen LogP contribution in [0.1, 0.15) is 39.1 Å². The molecule has 0 aliphatic carbocycles. The van der Waals surface area contributed by atoms with Gasteiger partial charge in [-0.25, -0.2) is 8.42 Å². The molecule has 1 aliphatic rings. The minimum atomic E-state index is -3.69. The highest BCUT2D eigenvalue weighted by molar-refractivity contribution is 7.89. The van der Waals surface area contributed by atoms with Gasteiger partial charge in [-0.1, -0.05) is 42.5 Å². The molecule has 1 aliphatic heterocycles. The van der Waals surface area contributed by atoms with Gasteiger partial charge in [0.05, 0.1) is 16.0 Å². The van der Waals surface area contributed by atoms with Crippen LogP contribution in [0, 0.1) is 0 Å². The zero-order valence-corrected chi connectivity index (χ0v) is 20.0. The Kier molecular flexibility index (Phi) is 7.09. The maximum atomic E-state index is 12.9. The zero-order chi connectivity index (χ0) is 25.0. The summed E-state index contributed by atoms with van der Waals surface area (Å²) in [6, 6.07) is 21.9. The van der Waals surface area contributed by atoms with Crippen LogP contribution in [0.2, 0.25) is 0 Å². The van der Waals surface area contributed by atoms with Crippen molar-refractivity contribution in [2.75, 3.05) is 18.9 Å². The first kappa shape index (κ1) is 24.3. The number of hydrogen-bond donors (Lipinski definition) is 1. The van der Waals surface area contributed by atoms with Crippen molar-refractivity contribution in [3.05, 3.63) is 95.6 Å². The van der Waals surface area contributed by atoms with E-state index >= 15 is 0 Å². The van der Waals surface area contributed by atoms with Crippen LogP contribution in [-0.4, -0.2) is 48.9 Å². The summed E-state index contributed by atoms with van der Waals surface area (Å²) in [5.74, 6) is -0.988. The molecular formula is C26H25N3O5S. The molecule has 0 saturated carbocycles. The van der Waals surface area contributed by atoms with Crippen LogP contribution in [0.3, 0.4) is 0 Å². The highest BCUT2D eigenvalue weighted by Gasteiger charge is 2.34. The maximum Gasteiger partial charge on any atom is 0.261 e. The first-order valence-electron chi connectivity index (χ1n) is 11.1. The number of hydrogen-bond acceptors (Lipinski definition) is 5. The molecule has 3 amide bonds. The van der Waals surface area contributed by atoms with Gasteiger partial charge in [0.25, 0.3) is 11.8 Å². The molecule has 4 rings (SSSR count). The standard InChI is InChI=1S/C26H25N3O5S/c1-28(18-19-8-3-2-4-9-19)35(33,34)21-15-13-20(14-16-21)27-24(30)12-7-17-29-25(31)22-10-5-6-11-23(22)26(29)32/h2-6,8-11,13-16H,7,12,17-18H2,1H3,(H,27,30). The Morgan fingerprint density at radius 2 is 1.43 bits per heavy atom. The van der Waals surface area contributed by atoms with Crippen LogP contribution in [0.25, 0.3) is 0 Å². The molecule has 0 unspecified atom stereocenters. The molecule has 9 heteroatoms. The molecule has 0 bridgehead atoms. The molecule has 3 aromatic rings. The second-order valence-corrected chi connectivity index (χ2v) is 10.3. The van der Waals surface area contributed by atoms with Gasteiger partial charge in [-0.3, -0.25) is 19.3 Å². The van der Waals surface area contributed by atoms with Gasteiger partial charge in [-0.2, -0.15) is 4.31 Å². The van der Waals surface area contributed by atoms with Crippen molar-refractivity contribution < 1.29 is 22.8 Å². The van der Waals surface area contributed by atoms with Crippen LogP contribution >= 0.6 is 0 Å². The second-order valence-electron chi connectivity index (χ2n) is 8.23. The van der Waals surface area contributed by atoms with Gasteiger partial charge in [0, 0.05) is 32.2 Å². The number of nitrogens with zero attached hydrogens (tertiary/aromatic N) is 2. The second kappa shape index (κ2) is 10.2. The average molecular weight is 492 g/mol. The fourth-order valence-electron chi connectivity index (χ4n) is 3.88. The molecule has 0 saturated heterocycles. The lowest BCUT2D eigenvalue weighted by Gasteiger charge is -2.17. The SMILES string of the molecule is CN(Cc1ccccc1)S(=O)(=O)c1ccc(NC(=O)CCCN2C(=O)c3ccccc3C2=O)cc1. The molecule has 0 atom stereocenters. The highest BCUT2D eigenvalue weighted by Crippen LogP contribution is 2.23. The summed E-state index contributed by atoms with van der Waals surface area (Å²) < 4.78 is 27.0. The number of anilines is 1. The molecule has 0 aromatic heterocycles. The van der Waals surface area contributed by atoms with Crippen LogP contribution < -0.4 is 5.32 Å². The van der Waals surface area contributed by atoms with E-state index in [9.17, 15) is 22.8 Å². The molecule has 1 heterocycles. The minimum absolute atomic E-state index is 0.104. The van der Waals surface area contributed by atoms with E-state index in [0.717, 1.165) is 10.5 Å². The Hall–Kier alpha value is -3.82. The van der Waals surface area contributed by atoms with E-state index in [0.29, 0.717) is 23.2 Å². The number of sulfonamides is 1. The van der Waals surface area contributed by atoms with Gasteiger partial charge in [0.2, 0.25) is 15.9 Å². The number of carbonyl (C=O) groups is 3. The van der Waals surface area contributed by atoms with Crippen LogP contribution in [0.5, 0.6) is 0 Å². The smallest absolute Gasteiger partial charge is 0.261 e. The van der Waals surface area contributed by atoms with Gasteiger partial charge < -0.3 is 5.32 Å². The lowest BCUT2D eigenvalue weighted by Crippen LogP contribution is -2.31. The summed E-state index contributed by atoms with van der Waals surface area (Å²) in [4.78, 5) is 38.4. The Labute approximate surface area is 204 Å². The van der Waals surface area contributed by atoms with E-state index in [4.69, 9.17) is 0 Å². The first-order valence-corrected chi connectivity index (χ1v) is 12.6. The number of benzene rings is 3. The van der Waals surface area contributed by atoms with Crippen molar-refractivity contribution in [1.29, 1.82) is 0 Å². The van der Waals surface area contributed by atoms with Gasteiger partial charge in [0.15, 0.2) is 0 Å². The Bertz CT molecular complexity index is 1320. The predicted molar refractivity (Wildman–Crippen MR) is 131 cm³/mol. The summed E-state index contributed by atoms with van der Waals surface area (Å²) in [7, 11) is -2.17. The Morgan fingerprint density at radius 3 is 2.03 bits per heavy atom. The van der Waals surface area contributed by atoms with Crippen molar-refractivity contribution in [3.63, 3.8) is 0 Å². The topological polar surface area (TPSA) is 104 Å². The molecule has 0 fully saturated rings. The quantitative estimate of drug-likeness (QED) is 0.461. The van der Waals surface area contributed by atoms with E-state index in [-0.39, 0.29) is 42.1 Å². The number of rotatable bonds is 9. The largest absolute Gasteiger partial charge is 0.326 e. The summed E-state index contributed by atoms with van der Waals surface area (Å²) in [6.45, 7) is 0.388. The van der Waals surface area contributed by atoms with Crippen molar-refractivity contribution in [3.8, 4) is 0 Å². The summed E-state index contributed by atoms with van der Waals surface area (Å²) in [6.07, 6.45) is 0.418. The highest BCUT2D eigenvalue weighted by atomic mass is 32.2. The minimum Gasteiger partial charge on any atom is -0.326 e. The van der Waals surface area contributed by atoms with E-state index < -0.39 is 10.0 Å². The maximum absolute atomic E-state index is 12.9. The van der Waals surface area contributed by atoms with Crippen molar-refractivity contribution in [1.82, 2.24) is 9.21 Å². The summed E-state index contributed by atoms with van der Waals surface area (Å²) >= 11 is 0. The third kappa shape index (κ3) is 5.31. The first-order chi connectivity index (χ1) is 16.8. The van der Waals surface area contributed by atoms with E-state index in [1.807, 2.05) is 30.3 Å². The van der Waals surface area contributed by atoms with Crippen molar-refractivity contribution in [2.45, 2.75) is 24.3 Å². The number of carbonyl (C=O) groups excluding carboxylic acids is 3. The molecule has 1 N–H and O–H groups in total. The molecule has 8 nitrogen and oxygen atoms in total. The third-order valence-electron chi connectivity index (χ3n) is 5.76. The van der Waals surface area contributed by atoms with Gasteiger partial charge in [0.1, 0.15) is 0 Å². The van der Waals surface area contributed by atoms with Gasteiger partial charge in [-0.15, -0.1) is 0 Å². The van der Waals surface area contributed by atoms with Crippen molar-refractivity contribution in [2.24, 2.45) is 0 Å². The number of fused-ring (bicyclic) bond motifs is 1. The summed E-state index contributed by atoms with van der Waals surface area (Å²) in [5.41, 5.74) is 2.10.